The van der Waals surface area contributed by atoms with Crippen LogP contribution in [0, 0.1) is 0 Å². The Morgan fingerprint density at radius 3 is 3.00 bits per heavy atom. The second-order valence-corrected chi connectivity index (χ2v) is 4.75. The van der Waals surface area contributed by atoms with Crippen molar-refractivity contribution in [2.24, 2.45) is 0 Å². The Kier molecular flexibility index (Phi) is 3.04. The van der Waals surface area contributed by atoms with Crippen LogP contribution in [0.2, 0.25) is 0 Å². The molecular weight excluding hydrogens is 252 g/mol. The Labute approximate surface area is 108 Å². The highest BCUT2D eigenvalue weighted by Gasteiger charge is 2.13. The van der Waals surface area contributed by atoms with Gasteiger partial charge >= 0.3 is 0 Å². The zero-order valence-corrected chi connectivity index (χ0v) is 10.4. The minimum atomic E-state index is 0.289. The smallest absolute Gasteiger partial charge is 0.231 e. The van der Waals surface area contributed by atoms with Crippen molar-refractivity contribution in [3.05, 3.63) is 34.8 Å². The molecular formula is C12H12N2O3S. The van der Waals surface area contributed by atoms with Crippen molar-refractivity contribution >= 4 is 16.5 Å². The van der Waals surface area contributed by atoms with E-state index in [9.17, 15) is 0 Å². The second kappa shape index (κ2) is 4.83. The first-order valence-corrected chi connectivity index (χ1v) is 6.35. The van der Waals surface area contributed by atoms with Gasteiger partial charge in [0.05, 0.1) is 18.9 Å². The number of fused-ring (bicyclic) bond motifs is 1. The molecule has 0 aliphatic carbocycles. The summed E-state index contributed by atoms with van der Waals surface area (Å²) >= 11 is 1.42. The Hall–Kier alpha value is -1.79. The number of thiazole rings is 1. The van der Waals surface area contributed by atoms with Gasteiger partial charge in [-0.1, -0.05) is 6.07 Å². The van der Waals surface area contributed by atoms with Crippen LogP contribution in [-0.2, 0) is 18.0 Å². The molecule has 5 nitrogen and oxygen atoms in total. The summed E-state index contributed by atoms with van der Waals surface area (Å²) in [6.45, 7) is 1.26. The molecule has 6 heteroatoms. The predicted molar refractivity (Wildman–Crippen MR) is 67.6 cm³/mol. The number of nitrogens with zero attached hydrogens (tertiary/aromatic N) is 1. The third-order valence-corrected chi connectivity index (χ3v) is 3.25. The molecule has 2 N–H and O–H groups in total. The standard InChI is InChI=1S/C12H12N2O3S/c13-12-14-9(6-18-12)5-15-4-8-1-2-10-11(3-8)17-7-16-10/h1-3,6H,4-5,7H2,(H2,13,14). The summed E-state index contributed by atoms with van der Waals surface area (Å²) in [4.78, 5) is 4.13. The molecule has 0 bridgehead atoms. The Morgan fingerprint density at radius 2 is 2.17 bits per heavy atom. The third kappa shape index (κ3) is 2.39. The van der Waals surface area contributed by atoms with Crippen LogP contribution in [0.3, 0.4) is 0 Å². The van der Waals surface area contributed by atoms with Gasteiger partial charge in [-0.3, -0.25) is 0 Å². The molecule has 1 aliphatic rings. The number of nitrogens with two attached hydrogens (primary N) is 1. The van der Waals surface area contributed by atoms with Crippen molar-refractivity contribution in [2.45, 2.75) is 13.2 Å². The van der Waals surface area contributed by atoms with Gasteiger partial charge in [0.25, 0.3) is 0 Å². The van der Waals surface area contributed by atoms with E-state index < -0.39 is 0 Å². The Morgan fingerprint density at radius 1 is 1.28 bits per heavy atom. The molecule has 0 atom stereocenters. The minimum Gasteiger partial charge on any atom is -0.454 e. The maximum atomic E-state index is 5.57. The first kappa shape index (κ1) is 11.3. The Balaban J connectivity index is 1.57. The quantitative estimate of drug-likeness (QED) is 0.916. The highest BCUT2D eigenvalue weighted by molar-refractivity contribution is 7.13. The molecule has 3 rings (SSSR count). The fourth-order valence-corrected chi connectivity index (χ4v) is 2.24. The molecule has 2 heterocycles. The van der Waals surface area contributed by atoms with E-state index in [0.29, 0.717) is 18.3 Å². The molecule has 1 aliphatic heterocycles. The summed E-state index contributed by atoms with van der Waals surface area (Å²) in [7, 11) is 0. The SMILES string of the molecule is Nc1nc(COCc2ccc3c(c2)OCO3)cs1. The van der Waals surface area contributed by atoms with Crippen LogP contribution < -0.4 is 15.2 Å². The highest BCUT2D eigenvalue weighted by Crippen LogP contribution is 2.32. The monoisotopic (exact) mass is 264 g/mol. The number of aromatic nitrogens is 1. The molecule has 0 saturated carbocycles. The lowest BCUT2D eigenvalue weighted by atomic mass is 10.2. The normalized spacial score (nSPS) is 12.9. The van der Waals surface area contributed by atoms with E-state index in [2.05, 4.69) is 4.98 Å². The van der Waals surface area contributed by atoms with Crippen molar-refractivity contribution in [3.8, 4) is 11.5 Å². The molecule has 0 unspecified atom stereocenters. The second-order valence-electron chi connectivity index (χ2n) is 3.86. The molecule has 0 fully saturated rings. The van der Waals surface area contributed by atoms with Gasteiger partial charge in [-0.2, -0.15) is 0 Å². The highest BCUT2D eigenvalue weighted by atomic mass is 32.1. The van der Waals surface area contributed by atoms with Crippen LogP contribution in [-0.4, -0.2) is 11.8 Å². The summed E-state index contributed by atoms with van der Waals surface area (Å²) in [5, 5.41) is 2.46. The van der Waals surface area contributed by atoms with E-state index in [-0.39, 0.29) is 6.79 Å². The van der Waals surface area contributed by atoms with Gasteiger partial charge < -0.3 is 19.9 Å². The zero-order valence-electron chi connectivity index (χ0n) is 9.59. The number of ether oxygens (including phenoxy) is 3. The average molecular weight is 264 g/mol. The fourth-order valence-electron chi connectivity index (χ4n) is 1.69. The van der Waals surface area contributed by atoms with E-state index in [1.165, 1.54) is 11.3 Å². The first-order chi connectivity index (χ1) is 8.81. The van der Waals surface area contributed by atoms with Crippen LogP contribution in [0.5, 0.6) is 11.5 Å². The van der Waals surface area contributed by atoms with Gasteiger partial charge in [0.15, 0.2) is 16.6 Å². The maximum absolute atomic E-state index is 5.57. The van der Waals surface area contributed by atoms with E-state index in [1.54, 1.807) is 0 Å². The number of hydrogen-bond acceptors (Lipinski definition) is 6. The van der Waals surface area contributed by atoms with E-state index in [0.717, 1.165) is 22.8 Å². The van der Waals surface area contributed by atoms with Crippen LogP contribution in [0.15, 0.2) is 23.6 Å². The topological polar surface area (TPSA) is 66.6 Å². The summed E-state index contributed by atoms with van der Waals surface area (Å²) in [5.74, 6) is 1.56. The number of nitrogen functional groups attached to an aromatic ring is 1. The number of hydrogen-bond donors (Lipinski definition) is 1. The van der Waals surface area contributed by atoms with Crippen molar-refractivity contribution in [1.82, 2.24) is 4.98 Å². The van der Waals surface area contributed by atoms with E-state index >= 15 is 0 Å². The van der Waals surface area contributed by atoms with E-state index in [1.807, 2.05) is 23.6 Å². The van der Waals surface area contributed by atoms with Crippen LogP contribution in [0.1, 0.15) is 11.3 Å². The van der Waals surface area contributed by atoms with Crippen molar-refractivity contribution < 1.29 is 14.2 Å². The minimum absolute atomic E-state index is 0.289. The van der Waals surface area contributed by atoms with Crippen molar-refractivity contribution in [2.75, 3.05) is 12.5 Å². The lowest BCUT2D eigenvalue weighted by Crippen LogP contribution is -1.95. The number of benzene rings is 1. The average Bonchev–Trinajstić information content (AvgIpc) is 2.97. The Bertz CT molecular complexity index is 556. The predicted octanol–water partition coefficient (Wildman–Crippen LogP) is 2.17. The van der Waals surface area contributed by atoms with Gasteiger partial charge in [0, 0.05) is 5.38 Å². The zero-order chi connectivity index (χ0) is 12.4. The van der Waals surface area contributed by atoms with Crippen molar-refractivity contribution in [1.29, 1.82) is 0 Å². The molecule has 1 aromatic carbocycles. The summed E-state index contributed by atoms with van der Waals surface area (Å²) in [6, 6.07) is 5.78. The third-order valence-electron chi connectivity index (χ3n) is 2.53. The lowest BCUT2D eigenvalue weighted by molar-refractivity contribution is 0.105. The van der Waals surface area contributed by atoms with Crippen LogP contribution in [0.4, 0.5) is 5.13 Å². The number of rotatable bonds is 4. The van der Waals surface area contributed by atoms with Crippen LogP contribution >= 0.6 is 11.3 Å². The summed E-state index contributed by atoms with van der Waals surface area (Å²) in [5.41, 5.74) is 7.45. The van der Waals surface area contributed by atoms with Gasteiger partial charge in [0.2, 0.25) is 6.79 Å². The largest absolute Gasteiger partial charge is 0.454 e. The maximum Gasteiger partial charge on any atom is 0.231 e. The molecule has 1 aromatic heterocycles. The fraction of sp³-hybridized carbons (Fsp3) is 0.250. The van der Waals surface area contributed by atoms with Gasteiger partial charge in [-0.05, 0) is 17.7 Å². The lowest BCUT2D eigenvalue weighted by Gasteiger charge is -2.03. The molecule has 0 radical (unpaired) electrons. The van der Waals surface area contributed by atoms with Gasteiger partial charge in [0.1, 0.15) is 0 Å². The van der Waals surface area contributed by atoms with E-state index in [4.69, 9.17) is 19.9 Å². The first-order valence-electron chi connectivity index (χ1n) is 5.47. The molecule has 0 spiro atoms. The molecule has 2 aromatic rings. The number of anilines is 1. The molecule has 94 valence electrons. The molecule has 0 saturated heterocycles. The summed E-state index contributed by atoms with van der Waals surface area (Å²) in [6.07, 6.45) is 0. The van der Waals surface area contributed by atoms with Crippen molar-refractivity contribution in [3.63, 3.8) is 0 Å². The molecule has 0 amide bonds. The summed E-state index contributed by atoms with van der Waals surface area (Å²) < 4.78 is 16.1. The van der Waals surface area contributed by atoms with Gasteiger partial charge in [-0.25, -0.2) is 4.98 Å². The van der Waals surface area contributed by atoms with Gasteiger partial charge in [-0.15, -0.1) is 11.3 Å². The van der Waals surface area contributed by atoms with Crippen LogP contribution in [0.25, 0.3) is 0 Å². The molecule has 18 heavy (non-hydrogen) atoms.